The van der Waals surface area contributed by atoms with Crippen molar-refractivity contribution in [3.8, 4) is 5.75 Å². The van der Waals surface area contributed by atoms with Gasteiger partial charge < -0.3 is 15.4 Å². The van der Waals surface area contributed by atoms with Crippen LogP contribution < -0.4 is 15.4 Å². The Morgan fingerprint density at radius 2 is 1.76 bits per heavy atom. The van der Waals surface area contributed by atoms with Gasteiger partial charge in [-0.3, -0.25) is 4.79 Å². The van der Waals surface area contributed by atoms with Gasteiger partial charge in [0.05, 0.1) is 7.11 Å². The molecular weight excluding hydrogens is 264 g/mol. The molecule has 0 saturated carbocycles. The lowest BCUT2D eigenvalue weighted by Crippen LogP contribution is -2.13. The highest BCUT2D eigenvalue weighted by Crippen LogP contribution is 2.19. The van der Waals surface area contributed by atoms with E-state index < -0.39 is 0 Å². The van der Waals surface area contributed by atoms with Crippen molar-refractivity contribution in [2.75, 3.05) is 24.3 Å². The van der Waals surface area contributed by atoms with E-state index in [1.807, 2.05) is 56.3 Å². The maximum Gasteiger partial charge on any atom is 0.255 e. The first-order valence-corrected chi connectivity index (χ1v) is 6.94. The topological polar surface area (TPSA) is 50.4 Å². The summed E-state index contributed by atoms with van der Waals surface area (Å²) in [6.45, 7) is 4.83. The van der Waals surface area contributed by atoms with Crippen LogP contribution in [0, 0.1) is 6.92 Å². The number of hydrogen-bond acceptors (Lipinski definition) is 3. The van der Waals surface area contributed by atoms with Crippen molar-refractivity contribution in [3.05, 3.63) is 53.6 Å². The number of aryl methyl sites for hydroxylation is 1. The molecule has 21 heavy (non-hydrogen) atoms. The van der Waals surface area contributed by atoms with Crippen molar-refractivity contribution in [1.29, 1.82) is 0 Å². The summed E-state index contributed by atoms with van der Waals surface area (Å²) in [5.74, 6) is 0.653. The van der Waals surface area contributed by atoms with Crippen LogP contribution >= 0.6 is 0 Å². The molecule has 2 N–H and O–H groups in total. The van der Waals surface area contributed by atoms with Crippen LogP contribution in [0.3, 0.4) is 0 Å². The minimum atomic E-state index is -0.110. The number of ether oxygens (including phenoxy) is 1. The number of methoxy groups -OCH3 is 1. The molecule has 0 spiro atoms. The molecule has 2 aromatic carbocycles. The molecule has 0 saturated heterocycles. The Balaban J connectivity index is 2.12. The normalized spacial score (nSPS) is 10.0. The molecule has 4 nitrogen and oxygen atoms in total. The molecule has 0 bridgehead atoms. The smallest absolute Gasteiger partial charge is 0.255 e. The quantitative estimate of drug-likeness (QED) is 0.880. The van der Waals surface area contributed by atoms with E-state index in [9.17, 15) is 4.79 Å². The first kappa shape index (κ1) is 14.9. The van der Waals surface area contributed by atoms with E-state index in [0.717, 1.165) is 29.2 Å². The number of nitrogens with one attached hydrogen (secondary N) is 2. The summed E-state index contributed by atoms with van der Waals surface area (Å²) in [5, 5.41) is 6.12. The lowest BCUT2D eigenvalue weighted by molar-refractivity contribution is 0.102. The predicted octanol–water partition coefficient (Wildman–Crippen LogP) is 3.69. The number of anilines is 2. The third-order valence-corrected chi connectivity index (χ3v) is 3.20. The fraction of sp³-hybridized carbons (Fsp3) is 0.235. The largest absolute Gasteiger partial charge is 0.497 e. The lowest BCUT2D eigenvalue weighted by Gasteiger charge is -2.10. The molecule has 2 rings (SSSR count). The minimum Gasteiger partial charge on any atom is -0.497 e. The zero-order chi connectivity index (χ0) is 15.2. The average Bonchev–Trinajstić information content (AvgIpc) is 2.48. The van der Waals surface area contributed by atoms with E-state index in [-0.39, 0.29) is 5.91 Å². The highest BCUT2D eigenvalue weighted by molar-refractivity contribution is 6.05. The second-order valence-corrected chi connectivity index (χ2v) is 4.74. The summed E-state index contributed by atoms with van der Waals surface area (Å²) >= 11 is 0. The van der Waals surface area contributed by atoms with Crippen LogP contribution in [0.15, 0.2) is 42.5 Å². The molecule has 110 valence electrons. The summed E-state index contributed by atoms with van der Waals surface area (Å²) in [5.41, 5.74) is 3.39. The van der Waals surface area contributed by atoms with Crippen LogP contribution in [0.1, 0.15) is 22.8 Å². The Bertz CT molecular complexity index is 621. The van der Waals surface area contributed by atoms with Crippen LogP contribution in [0.25, 0.3) is 0 Å². The Morgan fingerprint density at radius 1 is 1.10 bits per heavy atom. The monoisotopic (exact) mass is 284 g/mol. The predicted molar refractivity (Wildman–Crippen MR) is 86.3 cm³/mol. The van der Waals surface area contributed by atoms with Gasteiger partial charge in [0.25, 0.3) is 5.91 Å². The maximum atomic E-state index is 12.3. The number of benzene rings is 2. The van der Waals surface area contributed by atoms with Crippen molar-refractivity contribution >= 4 is 17.3 Å². The lowest BCUT2D eigenvalue weighted by atomic mass is 10.1. The number of carbonyl (C=O) groups is 1. The van der Waals surface area contributed by atoms with Gasteiger partial charge in [0, 0.05) is 23.5 Å². The summed E-state index contributed by atoms with van der Waals surface area (Å²) in [7, 11) is 1.61. The summed E-state index contributed by atoms with van der Waals surface area (Å²) in [6.07, 6.45) is 0. The molecule has 0 aliphatic heterocycles. The van der Waals surface area contributed by atoms with Gasteiger partial charge >= 0.3 is 0 Å². The first-order valence-electron chi connectivity index (χ1n) is 6.94. The van der Waals surface area contributed by atoms with E-state index in [0.29, 0.717) is 5.56 Å². The van der Waals surface area contributed by atoms with Gasteiger partial charge in [-0.25, -0.2) is 0 Å². The maximum absolute atomic E-state index is 12.3. The standard InChI is InChI=1S/C17H20N2O2/c1-4-18-14-7-10-16(12(2)11-14)17(20)19-13-5-8-15(21-3)9-6-13/h5-11,18H,4H2,1-3H3,(H,19,20). The second kappa shape index (κ2) is 6.79. The van der Waals surface area contributed by atoms with Gasteiger partial charge in [0.15, 0.2) is 0 Å². The van der Waals surface area contributed by atoms with E-state index in [1.165, 1.54) is 0 Å². The molecule has 0 fully saturated rings. The fourth-order valence-corrected chi connectivity index (χ4v) is 2.11. The van der Waals surface area contributed by atoms with E-state index in [2.05, 4.69) is 10.6 Å². The van der Waals surface area contributed by atoms with Gasteiger partial charge in [0.1, 0.15) is 5.75 Å². The second-order valence-electron chi connectivity index (χ2n) is 4.74. The van der Waals surface area contributed by atoms with Gasteiger partial charge in [-0.05, 0) is 61.9 Å². The highest BCUT2D eigenvalue weighted by Gasteiger charge is 2.09. The Morgan fingerprint density at radius 3 is 2.33 bits per heavy atom. The molecule has 0 unspecified atom stereocenters. The SMILES string of the molecule is CCNc1ccc(C(=O)Nc2ccc(OC)cc2)c(C)c1. The van der Waals surface area contributed by atoms with Crippen LogP contribution in [0.5, 0.6) is 5.75 Å². The van der Waals surface area contributed by atoms with Crippen molar-refractivity contribution in [2.45, 2.75) is 13.8 Å². The minimum absolute atomic E-state index is 0.110. The Hall–Kier alpha value is -2.49. The van der Waals surface area contributed by atoms with E-state index >= 15 is 0 Å². The zero-order valence-corrected chi connectivity index (χ0v) is 12.6. The van der Waals surface area contributed by atoms with Gasteiger partial charge in [0.2, 0.25) is 0 Å². The zero-order valence-electron chi connectivity index (χ0n) is 12.6. The van der Waals surface area contributed by atoms with Crippen LogP contribution in [-0.4, -0.2) is 19.6 Å². The molecule has 4 heteroatoms. The third kappa shape index (κ3) is 3.75. The van der Waals surface area contributed by atoms with Crippen molar-refractivity contribution in [2.24, 2.45) is 0 Å². The van der Waals surface area contributed by atoms with Gasteiger partial charge in [-0.2, -0.15) is 0 Å². The summed E-state index contributed by atoms with van der Waals surface area (Å²) in [4.78, 5) is 12.3. The number of rotatable bonds is 5. The Labute approximate surface area is 125 Å². The van der Waals surface area contributed by atoms with E-state index in [4.69, 9.17) is 4.74 Å². The summed E-state index contributed by atoms with van der Waals surface area (Å²) in [6, 6.07) is 13.0. The van der Waals surface area contributed by atoms with Gasteiger partial charge in [-0.15, -0.1) is 0 Å². The molecule has 0 atom stereocenters. The van der Waals surface area contributed by atoms with E-state index in [1.54, 1.807) is 7.11 Å². The third-order valence-electron chi connectivity index (χ3n) is 3.20. The number of hydrogen-bond donors (Lipinski definition) is 2. The van der Waals surface area contributed by atoms with Crippen LogP contribution in [-0.2, 0) is 0 Å². The molecule has 0 aliphatic carbocycles. The van der Waals surface area contributed by atoms with Crippen molar-refractivity contribution in [1.82, 2.24) is 0 Å². The van der Waals surface area contributed by atoms with Crippen LogP contribution in [0.2, 0.25) is 0 Å². The molecule has 2 aromatic rings. The number of carbonyl (C=O) groups excluding carboxylic acids is 1. The van der Waals surface area contributed by atoms with Crippen molar-refractivity contribution < 1.29 is 9.53 Å². The fourth-order valence-electron chi connectivity index (χ4n) is 2.11. The number of amides is 1. The van der Waals surface area contributed by atoms with Gasteiger partial charge in [-0.1, -0.05) is 0 Å². The molecule has 0 aliphatic rings. The highest BCUT2D eigenvalue weighted by atomic mass is 16.5. The van der Waals surface area contributed by atoms with Crippen LogP contribution in [0.4, 0.5) is 11.4 Å². The molecule has 0 heterocycles. The molecular formula is C17H20N2O2. The average molecular weight is 284 g/mol. The Kier molecular flexibility index (Phi) is 4.82. The molecule has 0 radical (unpaired) electrons. The molecule has 0 aromatic heterocycles. The molecule has 1 amide bonds. The summed E-state index contributed by atoms with van der Waals surface area (Å²) < 4.78 is 5.09. The first-order chi connectivity index (χ1) is 10.1. The van der Waals surface area contributed by atoms with Crippen molar-refractivity contribution in [3.63, 3.8) is 0 Å².